The summed E-state index contributed by atoms with van der Waals surface area (Å²) in [6.45, 7) is 0. The van der Waals surface area contributed by atoms with Crippen molar-refractivity contribution in [3.63, 3.8) is 0 Å². The normalized spacial score (nSPS) is 14.8. The minimum absolute atomic E-state index is 0.155. The molecule has 44 heavy (non-hydrogen) atoms. The van der Waals surface area contributed by atoms with Crippen molar-refractivity contribution < 1.29 is 0 Å². The number of hydrogen-bond donors (Lipinski definition) is 1. The van der Waals surface area contributed by atoms with Gasteiger partial charge in [0.1, 0.15) is 6.17 Å². The van der Waals surface area contributed by atoms with Crippen LogP contribution in [-0.2, 0) is 0 Å². The summed E-state index contributed by atoms with van der Waals surface area (Å²) in [6, 6.07) is 50.4. The van der Waals surface area contributed by atoms with E-state index in [1.165, 1.54) is 53.1 Å². The highest BCUT2D eigenvalue weighted by Crippen LogP contribution is 2.39. The van der Waals surface area contributed by atoms with Crippen molar-refractivity contribution in [2.24, 2.45) is 4.99 Å². The fraction of sp³-hybridized carbons (Fsp3) is 0.0250. The van der Waals surface area contributed by atoms with Crippen LogP contribution in [0.5, 0.6) is 0 Å². The average Bonchev–Trinajstić information content (AvgIpc) is 3.64. The highest BCUT2D eigenvalue weighted by molar-refractivity contribution is 7.25. The van der Waals surface area contributed by atoms with Crippen LogP contribution in [0.25, 0.3) is 64.5 Å². The Hall–Kier alpha value is -5.45. The van der Waals surface area contributed by atoms with Gasteiger partial charge in [-0.05, 0) is 76.9 Å². The Morgan fingerprint density at radius 3 is 2.18 bits per heavy atom. The number of nitrogens with zero attached hydrogens (tertiary/aromatic N) is 2. The summed E-state index contributed by atoms with van der Waals surface area (Å²) in [5.74, 6) is 0. The second-order valence-corrected chi connectivity index (χ2v) is 12.4. The molecule has 208 valence electrons. The fourth-order valence-electron chi connectivity index (χ4n) is 6.57. The van der Waals surface area contributed by atoms with Crippen molar-refractivity contribution >= 4 is 65.2 Å². The Labute approximate surface area is 259 Å². The molecule has 0 radical (unpaired) electrons. The van der Waals surface area contributed by atoms with Crippen molar-refractivity contribution in [1.29, 1.82) is 0 Å². The first-order chi connectivity index (χ1) is 21.8. The molecule has 0 fully saturated rings. The maximum absolute atomic E-state index is 4.78. The Morgan fingerprint density at radius 1 is 0.545 bits per heavy atom. The first kappa shape index (κ1) is 25.1. The largest absolute Gasteiger partial charge is 0.360 e. The number of allylic oxidation sites excluding steroid dienone is 1. The number of fused-ring (bicyclic) bond motifs is 6. The number of thiophene rings is 1. The van der Waals surface area contributed by atoms with Crippen LogP contribution in [0.3, 0.4) is 0 Å². The number of rotatable bonds is 4. The Balaban J connectivity index is 1.14. The summed E-state index contributed by atoms with van der Waals surface area (Å²) in [7, 11) is 0. The lowest BCUT2D eigenvalue weighted by atomic mass is 10.0. The zero-order valence-electron chi connectivity index (χ0n) is 23.8. The van der Waals surface area contributed by atoms with Crippen LogP contribution >= 0.6 is 11.3 Å². The highest BCUT2D eigenvalue weighted by Gasteiger charge is 2.18. The lowest BCUT2D eigenvalue weighted by Crippen LogP contribution is -2.21. The molecule has 1 aliphatic heterocycles. The van der Waals surface area contributed by atoms with Crippen molar-refractivity contribution in [2.75, 3.05) is 0 Å². The molecule has 1 unspecified atom stereocenters. The molecule has 8 aromatic rings. The Morgan fingerprint density at radius 2 is 1.27 bits per heavy atom. The third kappa shape index (κ3) is 4.07. The molecule has 3 nitrogen and oxygen atoms in total. The second-order valence-electron chi connectivity index (χ2n) is 11.3. The SMILES string of the molecule is C1=NC(c2cccc(-n3c4ccccc4c4cc(-c5ccc6sc7ccccc7c6c5)ccc43)c2)NC(c2ccccc2)=C1. The molecule has 4 heteroatoms. The molecule has 1 N–H and O–H groups in total. The molecule has 6 aromatic carbocycles. The third-order valence-electron chi connectivity index (χ3n) is 8.68. The zero-order chi connectivity index (χ0) is 29.0. The smallest absolute Gasteiger partial charge is 0.144 e. The topological polar surface area (TPSA) is 29.3 Å². The van der Waals surface area contributed by atoms with Gasteiger partial charge in [-0.2, -0.15) is 0 Å². The highest BCUT2D eigenvalue weighted by atomic mass is 32.1. The van der Waals surface area contributed by atoms with E-state index >= 15 is 0 Å². The standard InChI is InChI=1S/C40H27N3S/c1-2-9-26(10-3-1)35-21-22-41-40(42-35)29-11-8-12-30(23-29)43-36-15-6-4-13-31(36)33-24-27(17-19-37(33)43)28-18-20-39-34(25-28)32-14-5-7-16-38(32)44-39/h1-25,40,42H. The predicted molar refractivity (Wildman–Crippen MR) is 188 cm³/mol. The first-order valence-corrected chi connectivity index (χ1v) is 15.7. The molecule has 0 aliphatic carbocycles. The van der Waals surface area contributed by atoms with Crippen LogP contribution in [0.15, 0.2) is 151 Å². The number of aliphatic imine (C=N–C) groups is 1. The maximum Gasteiger partial charge on any atom is 0.144 e. The van der Waals surface area contributed by atoms with Crippen LogP contribution in [0.2, 0.25) is 0 Å². The molecule has 9 rings (SSSR count). The van der Waals surface area contributed by atoms with Crippen LogP contribution in [0.1, 0.15) is 17.3 Å². The Bertz CT molecular complexity index is 2430. The number of hydrogen-bond acceptors (Lipinski definition) is 3. The molecule has 1 atom stereocenters. The summed E-state index contributed by atoms with van der Waals surface area (Å²) < 4.78 is 5.05. The maximum atomic E-state index is 4.78. The lowest BCUT2D eigenvalue weighted by Gasteiger charge is -2.22. The monoisotopic (exact) mass is 581 g/mol. The average molecular weight is 582 g/mol. The quantitative estimate of drug-likeness (QED) is 0.220. The van der Waals surface area contributed by atoms with Gasteiger partial charge in [-0.25, -0.2) is 0 Å². The summed E-state index contributed by atoms with van der Waals surface area (Å²) in [5.41, 5.74) is 9.34. The molecule has 0 saturated carbocycles. The predicted octanol–water partition coefficient (Wildman–Crippen LogP) is 10.5. The fourth-order valence-corrected chi connectivity index (χ4v) is 7.66. The van der Waals surface area contributed by atoms with Crippen molar-refractivity contribution in [1.82, 2.24) is 9.88 Å². The van der Waals surface area contributed by atoms with Crippen molar-refractivity contribution in [3.8, 4) is 16.8 Å². The molecular formula is C40H27N3S. The molecular weight excluding hydrogens is 555 g/mol. The summed E-state index contributed by atoms with van der Waals surface area (Å²) >= 11 is 1.86. The second kappa shape index (κ2) is 10.1. The van der Waals surface area contributed by atoms with Crippen LogP contribution in [0, 0.1) is 0 Å². The molecule has 0 spiro atoms. The van der Waals surface area contributed by atoms with Gasteiger partial charge in [0, 0.05) is 48.5 Å². The number of nitrogens with one attached hydrogen (secondary N) is 1. The van der Waals surface area contributed by atoms with E-state index in [0.29, 0.717) is 0 Å². The number of para-hydroxylation sites is 1. The van der Waals surface area contributed by atoms with Crippen molar-refractivity contribution in [2.45, 2.75) is 6.17 Å². The minimum Gasteiger partial charge on any atom is -0.360 e. The van der Waals surface area contributed by atoms with Gasteiger partial charge < -0.3 is 9.88 Å². The van der Waals surface area contributed by atoms with Crippen molar-refractivity contribution in [3.05, 3.63) is 157 Å². The zero-order valence-corrected chi connectivity index (χ0v) is 24.6. The molecule has 3 heterocycles. The van der Waals surface area contributed by atoms with Gasteiger partial charge in [0.15, 0.2) is 0 Å². The van der Waals surface area contributed by atoms with Gasteiger partial charge >= 0.3 is 0 Å². The van der Waals surface area contributed by atoms with E-state index in [4.69, 9.17) is 4.99 Å². The molecule has 0 saturated heterocycles. The van der Waals surface area contributed by atoms with Crippen LogP contribution in [0.4, 0.5) is 0 Å². The van der Waals surface area contributed by atoms with E-state index in [-0.39, 0.29) is 6.17 Å². The molecule has 0 bridgehead atoms. The van der Waals surface area contributed by atoms with E-state index in [1.54, 1.807) is 0 Å². The van der Waals surface area contributed by atoms with Crippen LogP contribution in [-0.4, -0.2) is 10.8 Å². The van der Waals surface area contributed by atoms with Gasteiger partial charge in [0.05, 0.1) is 11.0 Å². The van der Waals surface area contributed by atoms with Crippen LogP contribution < -0.4 is 5.32 Å². The lowest BCUT2D eigenvalue weighted by molar-refractivity contribution is 0.667. The summed E-state index contributed by atoms with van der Waals surface area (Å²) in [6.07, 6.45) is 3.80. The molecule has 2 aromatic heterocycles. The number of benzene rings is 6. The van der Waals surface area contributed by atoms with E-state index in [0.717, 1.165) is 22.5 Å². The minimum atomic E-state index is -0.155. The third-order valence-corrected chi connectivity index (χ3v) is 9.83. The summed E-state index contributed by atoms with van der Waals surface area (Å²) in [5, 5.41) is 8.79. The summed E-state index contributed by atoms with van der Waals surface area (Å²) in [4.78, 5) is 4.78. The molecule has 0 amide bonds. The van der Waals surface area contributed by atoms with E-state index < -0.39 is 0 Å². The van der Waals surface area contributed by atoms with Gasteiger partial charge in [-0.3, -0.25) is 4.99 Å². The van der Waals surface area contributed by atoms with Gasteiger partial charge in [0.2, 0.25) is 0 Å². The van der Waals surface area contributed by atoms with Gasteiger partial charge in [-0.15, -0.1) is 11.3 Å². The van der Waals surface area contributed by atoms with E-state index in [2.05, 4.69) is 143 Å². The Kier molecular flexibility index (Phi) is 5.75. The van der Waals surface area contributed by atoms with Gasteiger partial charge in [0.25, 0.3) is 0 Å². The number of aromatic nitrogens is 1. The van der Waals surface area contributed by atoms with E-state index in [9.17, 15) is 0 Å². The molecule has 1 aliphatic rings. The van der Waals surface area contributed by atoms with Gasteiger partial charge in [-0.1, -0.05) is 91.0 Å². The first-order valence-electron chi connectivity index (χ1n) is 14.9. The van der Waals surface area contributed by atoms with E-state index in [1.807, 2.05) is 29.7 Å².